The maximum absolute atomic E-state index is 13.2. The highest BCUT2D eigenvalue weighted by molar-refractivity contribution is 5.80. The molecule has 0 bridgehead atoms. The summed E-state index contributed by atoms with van der Waals surface area (Å²) in [5.74, 6) is -0.139. The number of esters is 1. The van der Waals surface area contributed by atoms with Gasteiger partial charge in [-0.3, -0.25) is 4.79 Å². The molecule has 0 aliphatic carbocycles. The Bertz CT molecular complexity index is 479. The van der Waals surface area contributed by atoms with Gasteiger partial charge in [0.1, 0.15) is 17.1 Å². The first-order chi connectivity index (χ1) is 9.92. The molecule has 5 heteroatoms. The normalized spacial score (nSPS) is 13.6. The molecule has 0 heterocycles. The quantitative estimate of drug-likeness (QED) is 0.750. The van der Waals surface area contributed by atoms with Gasteiger partial charge in [0.25, 0.3) is 0 Å². The van der Waals surface area contributed by atoms with Gasteiger partial charge in [-0.2, -0.15) is 0 Å². The second-order valence-corrected chi connectivity index (χ2v) is 5.09. The van der Waals surface area contributed by atoms with E-state index in [1.807, 2.05) is 13.8 Å². The van der Waals surface area contributed by atoms with E-state index in [1.165, 1.54) is 12.1 Å². The van der Waals surface area contributed by atoms with Crippen LogP contribution in [0.4, 0.5) is 4.39 Å². The van der Waals surface area contributed by atoms with Crippen LogP contribution in [0.5, 0.6) is 5.75 Å². The number of benzene rings is 1. The molecule has 0 radical (unpaired) electrons. The molecule has 0 saturated heterocycles. The van der Waals surface area contributed by atoms with E-state index in [1.54, 1.807) is 19.9 Å². The van der Waals surface area contributed by atoms with Gasteiger partial charge in [0, 0.05) is 12.5 Å². The third-order valence-electron chi connectivity index (χ3n) is 3.30. The van der Waals surface area contributed by atoms with Crippen LogP contribution in [-0.4, -0.2) is 31.3 Å². The fourth-order valence-corrected chi connectivity index (χ4v) is 2.04. The molecule has 0 amide bonds. The van der Waals surface area contributed by atoms with Gasteiger partial charge in [-0.1, -0.05) is 13.0 Å². The van der Waals surface area contributed by atoms with Gasteiger partial charge in [-0.05, 0) is 38.9 Å². The Morgan fingerprint density at radius 2 is 2.10 bits per heavy atom. The van der Waals surface area contributed by atoms with Crippen LogP contribution in [0.2, 0.25) is 0 Å². The first-order valence-electron chi connectivity index (χ1n) is 7.24. The van der Waals surface area contributed by atoms with E-state index < -0.39 is 5.54 Å². The highest BCUT2D eigenvalue weighted by atomic mass is 19.1. The molecule has 1 atom stereocenters. The Labute approximate surface area is 125 Å². The van der Waals surface area contributed by atoms with Crippen molar-refractivity contribution in [2.24, 2.45) is 0 Å². The fraction of sp³-hybridized carbons (Fsp3) is 0.562. The average Bonchev–Trinajstić information content (AvgIpc) is 2.43. The minimum absolute atomic E-state index is 0.298. The van der Waals surface area contributed by atoms with Gasteiger partial charge in [0.05, 0.1) is 13.2 Å². The molecule has 118 valence electrons. The summed E-state index contributed by atoms with van der Waals surface area (Å²) in [6.45, 7) is 8.62. The lowest BCUT2D eigenvalue weighted by atomic mass is 9.98. The highest BCUT2D eigenvalue weighted by Crippen LogP contribution is 2.20. The SMILES string of the molecule is CCNC(C)(CCOc1cc(F)ccc1C)C(=O)OCC. The van der Waals surface area contributed by atoms with E-state index in [0.717, 1.165) is 5.56 Å². The second-order valence-electron chi connectivity index (χ2n) is 5.09. The smallest absolute Gasteiger partial charge is 0.326 e. The van der Waals surface area contributed by atoms with Crippen LogP contribution in [0.1, 0.15) is 32.8 Å². The number of halogens is 1. The number of hydrogen-bond donors (Lipinski definition) is 1. The molecule has 0 aromatic heterocycles. The number of nitrogens with one attached hydrogen (secondary N) is 1. The molecule has 1 N–H and O–H groups in total. The molecular weight excluding hydrogens is 273 g/mol. The molecule has 1 aromatic rings. The first kappa shape index (κ1) is 17.4. The number of ether oxygens (including phenoxy) is 2. The molecule has 1 aromatic carbocycles. The third-order valence-corrected chi connectivity index (χ3v) is 3.30. The van der Waals surface area contributed by atoms with Crippen LogP contribution < -0.4 is 10.1 Å². The van der Waals surface area contributed by atoms with Crippen LogP contribution in [0.15, 0.2) is 18.2 Å². The average molecular weight is 297 g/mol. The summed E-state index contributed by atoms with van der Waals surface area (Å²) in [5, 5.41) is 3.13. The predicted octanol–water partition coefficient (Wildman–Crippen LogP) is 2.83. The largest absolute Gasteiger partial charge is 0.493 e. The van der Waals surface area contributed by atoms with Crippen LogP contribution in [0.3, 0.4) is 0 Å². The molecule has 0 spiro atoms. The lowest BCUT2D eigenvalue weighted by Gasteiger charge is -2.28. The van der Waals surface area contributed by atoms with Gasteiger partial charge in [-0.15, -0.1) is 0 Å². The Morgan fingerprint density at radius 3 is 2.71 bits per heavy atom. The maximum atomic E-state index is 13.2. The van der Waals surface area contributed by atoms with Gasteiger partial charge in [-0.25, -0.2) is 4.39 Å². The van der Waals surface area contributed by atoms with Gasteiger partial charge >= 0.3 is 5.97 Å². The molecule has 4 nitrogen and oxygen atoms in total. The fourth-order valence-electron chi connectivity index (χ4n) is 2.04. The Morgan fingerprint density at radius 1 is 1.38 bits per heavy atom. The van der Waals surface area contributed by atoms with Crippen molar-refractivity contribution in [2.45, 2.75) is 39.7 Å². The van der Waals surface area contributed by atoms with Crippen molar-refractivity contribution in [2.75, 3.05) is 19.8 Å². The molecule has 0 saturated carbocycles. The minimum Gasteiger partial charge on any atom is -0.493 e. The van der Waals surface area contributed by atoms with E-state index in [9.17, 15) is 9.18 Å². The zero-order chi connectivity index (χ0) is 15.9. The molecule has 1 unspecified atom stereocenters. The molecular formula is C16H24FNO3. The number of hydrogen-bond acceptors (Lipinski definition) is 4. The second kappa shape index (κ2) is 7.98. The van der Waals surface area contributed by atoms with Crippen LogP contribution in [0.25, 0.3) is 0 Å². The number of aryl methyl sites for hydroxylation is 1. The Balaban J connectivity index is 2.65. The molecule has 0 aliphatic rings. The minimum atomic E-state index is -0.800. The number of likely N-dealkylation sites (N-methyl/N-ethyl adjacent to an activating group) is 1. The van der Waals surface area contributed by atoms with Crippen molar-refractivity contribution in [1.29, 1.82) is 0 Å². The van der Waals surface area contributed by atoms with E-state index >= 15 is 0 Å². The van der Waals surface area contributed by atoms with Crippen molar-refractivity contribution >= 4 is 5.97 Å². The number of carbonyl (C=O) groups is 1. The van der Waals surface area contributed by atoms with Crippen LogP contribution in [0, 0.1) is 12.7 Å². The van der Waals surface area contributed by atoms with Crippen LogP contribution >= 0.6 is 0 Å². The Hall–Kier alpha value is -1.62. The van der Waals surface area contributed by atoms with E-state index in [-0.39, 0.29) is 11.8 Å². The van der Waals surface area contributed by atoms with Crippen LogP contribution in [-0.2, 0) is 9.53 Å². The zero-order valence-corrected chi connectivity index (χ0v) is 13.2. The summed E-state index contributed by atoms with van der Waals surface area (Å²) in [5.41, 5.74) is 0.0594. The van der Waals surface area contributed by atoms with Crippen molar-refractivity contribution in [3.05, 3.63) is 29.6 Å². The van der Waals surface area contributed by atoms with Crippen molar-refractivity contribution in [3.63, 3.8) is 0 Å². The standard InChI is InChI=1S/C16H24FNO3/c1-5-18-16(4,15(19)20-6-2)9-10-21-14-11-13(17)8-7-12(14)3/h7-8,11,18H,5-6,9-10H2,1-4H3. The summed E-state index contributed by atoms with van der Waals surface area (Å²) in [6, 6.07) is 4.41. The summed E-state index contributed by atoms with van der Waals surface area (Å²) in [6.07, 6.45) is 0.440. The predicted molar refractivity (Wildman–Crippen MR) is 80.0 cm³/mol. The topological polar surface area (TPSA) is 47.6 Å². The van der Waals surface area contributed by atoms with E-state index in [2.05, 4.69) is 5.32 Å². The van der Waals surface area contributed by atoms with E-state index in [0.29, 0.717) is 31.9 Å². The van der Waals surface area contributed by atoms with Gasteiger partial charge in [0.15, 0.2) is 0 Å². The molecule has 0 aliphatic heterocycles. The number of carbonyl (C=O) groups excluding carboxylic acids is 1. The summed E-state index contributed by atoms with van der Waals surface area (Å²) >= 11 is 0. The van der Waals surface area contributed by atoms with Crippen molar-refractivity contribution < 1.29 is 18.7 Å². The van der Waals surface area contributed by atoms with Crippen molar-refractivity contribution in [3.8, 4) is 5.75 Å². The third kappa shape index (κ3) is 5.01. The monoisotopic (exact) mass is 297 g/mol. The van der Waals surface area contributed by atoms with Gasteiger partial charge in [0.2, 0.25) is 0 Å². The maximum Gasteiger partial charge on any atom is 0.326 e. The summed E-state index contributed by atoms with van der Waals surface area (Å²) < 4.78 is 23.9. The number of rotatable bonds is 8. The van der Waals surface area contributed by atoms with E-state index in [4.69, 9.17) is 9.47 Å². The lowest BCUT2D eigenvalue weighted by Crippen LogP contribution is -2.51. The first-order valence-corrected chi connectivity index (χ1v) is 7.24. The Kier molecular flexibility index (Phi) is 6.62. The van der Waals surface area contributed by atoms with Gasteiger partial charge < -0.3 is 14.8 Å². The molecule has 0 fully saturated rings. The van der Waals surface area contributed by atoms with Crippen molar-refractivity contribution in [1.82, 2.24) is 5.32 Å². The highest BCUT2D eigenvalue weighted by Gasteiger charge is 2.33. The molecule has 1 rings (SSSR count). The zero-order valence-electron chi connectivity index (χ0n) is 13.2. The summed E-state index contributed by atoms with van der Waals surface area (Å²) in [7, 11) is 0. The summed E-state index contributed by atoms with van der Waals surface area (Å²) in [4.78, 5) is 12.0. The lowest BCUT2D eigenvalue weighted by molar-refractivity contribution is -0.151. The molecule has 21 heavy (non-hydrogen) atoms.